The molecule has 0 aliphatic rings. The van der Waals surface area contributed by atoms with Gasteiger partial charge in [0.15, 0.2) is 0 Å². The summed E-state index contributed by atoms with van der Waals surface area (Å²) in [6, 6.07) is 25.9. The van der Waals surface area contributed by atoms with Crippen LogP contribution < -0.4 is 42.9 Å². The molecule has 0 aliphatic carbocycles. The summed E-state index contributed by atoms with van der Waals surface area (Å²) in [7, 11) is 1.26. The number of carboxylic acid groups (broad SMARTS) is 1. The number of hydrogen-bond acceptors (Lipinski definition) is 13. The summed E-state index contributed by atoms with van der Waals surface area (Å²) in [4.78, 5) is 83.9. The van der Waals surface area contributed by atoms with E-state index in [-0.39, 0.29) is 50.3 Å². The van der Waals surface area contributed by atoms with E-state index in [2.05, 4.69) is 33.8 Å². The van der Waals surface area contributed by atoms with Crippen LogP contribution in [-0.2, 0) is 40.5 Å². The number of rotatable bonds is 20. The second-order valence-electron chi connectivity index (χ2n) is 17.5. The van der Waals surface area contributed by atoms with E-state index in [1.165, 1.54) is 23.2 Å². The number of nitrogens with zero attached hydrogens (tertiary/aromatic N) is 6. The second-order valence-corrected chi connectivity index (χ2v) is 17.5. The normalized spacial score (nSPS) is 11.8. The van der Waals surface area contributed by atoms with Gasteiger partial charge in [-0.15, -0.1) is 0 Å². The standard InChI is InChI=1S/C27H32N4O5.C26H30N4O5/c1-7-20-8-10-21(11-9-20)16-30-25(28-22-12-13-23(18(4)14-22)36-17(2)3)29-26(33)31(27(30)34)15-19(5)24(32)35-6;1-6-19-7-9-20(10-8-19)15-29-24(27-21-11-12-22(17(4)13-21)35-16(2)3)28-25(33)30(26(29)34)14-18(5)23(31)32/h7-14,17,19H,1,15-16H2,2-6H3,(H,28,29,33);6-13,16,18H,1,14-15H2,2-5H3,(H,31,32)(H,27,28,33)/t19-;18-/m00/s1. The van der Waals surface area contributed by atoms with Gasteiger partial charge >= 0.3 is 34.7 Å². The van der Waals surface area contributed by atoms with Gasteiger partial charge in [-0.05, 0) is 111 Å². The number of methoxy groups -OCH3 is 1. The number of carboxylic acids is 1. The van der Waals surface area contributed by atoms with Crippen LogP contribution in [0.4, 0.5) is 23.3 Å². The van der Waals surface area contributed by atoms with Crippen molar-refractivity contribution >= 4 is 47.4 Å². The van der Waals surface area contributed by atoms with E-state index in [1.54, 1.807) is 31.2 Å². The number of benzene rings is 4. The first-order valence-electron chi connectivity index (χ1n) is 23.0. The quantitative estimate of drug-likeness (QED) is 0.0635. The van der Waals surface area contributed by atoms with Gasteiger partial charge in [0.2, 0.25) is 11.9 Å². The molecule has 0 radical (unpaired) electrons. The van der Waals surface area contributed by atoms with E-state index < -0.39 is 46.5 Å². The number of ether oxygens (including phenoxy) is 3. The number of aliphatic carboxylic acids is 1. The third kappa shape index (κ3) is 14.4. The SMILES string of the molecule is C=Cc1ccc(Cn2c(Nc3ccc(OC(C)C)c(C)c3)nc(=O)n(C[C@H](C)C(=O)O)c2=O)cc1.C=Cc1ccc(Cn2c(Nc3ccc(OC(C)C)c(C)c3)nc(=O)n(C[C@H](C)C(=O)OC)c2=O)cc1. The van der Waals surface area contributed by atoms with Crippen LogP contribution in [0.2, 0.25) is 0 Å². The molecule has 3 N–H and O–H groups in total. The summed E-state index contributed by atoms with van der Waals surface area (Å²) in [6.45, 7) is 22.0. The molecule has 18 nitrogen and oxygen atoms in total. The van der Waals surface area contributed by atoms with Gasteiger partial charge in [-0.25, -0.2) is 28.3 Å². The Kier molecular flexibility index (Phi) is 18.4. The van der Waals surface area contributed by atoms with Crippen molar-refractivity contribution in [2.75, 3.05) is 17.7 Å². The van der Waals surface area contributed by atoms with Crippen LogP contribution in [0.3, 0.4) is 0 Å². The molecule has 18 heteroatoms. The van der Waals surface area contributed by atoms with E-state index in [9.17, 15) is 33.9 Å². The molecule has 0 fully saturated rings. The van der Waals surface area contributed by atoms with Crippen LogP contribution in [0.25, 0.3) is 12.2 Å². The maximum Gasteiger partial charge on any atom is 0.354 e. The van der Waals surface area contributed by atoms with Crippen molar-refractivity contribution in [2.24, 2.45) is 11.8 Å². The third-order valence-corrected chi connectivity index (χ3v) is 10.9. The van der Waals surface area contributed by atoms with Crippen LogP contribution in [-0.4, -0.2) is 64.6 Å². The Hall–Kier alpha value is -8.28. The van der Waals surface area contributed by atoms with Crippen molar-refractivity contribution in [3.8, 4) is 11.5 Å². The lowest BCUT2D eigenvalue weighted by Crippen LogP contribution is -2.44. The topological polar surface area (TPSA) is 220 Å². The minimum absolute atomic E-state index is 0.0209. The van der Waals surface area contributed by atoms with E-state index in [0.29, 0.717) is 11.4 Å². The molecule has 0 bridgehead atoms. The van der Waals surface area contributed by atoms with Crippen LogP contribution in [0.15, 0.2) is 117 Å². The summed E-state index contributed by atoms with van der Waals surface area (Å²) in [6.07, 6.45) is 3.50. The molecular weight excluding hydrogens is 909 g/mol. The van der Waals surface area contributed by atoms with Gasteiger partial charge in [-0.3, -0.25) is 18.7 Å². The van der Waals surface area contributed by atoms with Gasteiger partial charge in [0.05, 0.1) is 44.2 Å². The van der Waals surface area contributed by atoms with Crippen molar-refractivity contribution in [2.45, 2.75) is 93.8 Å². The predicted octanol–water partition coefficient (Wildman–Crippen LogP) is 7.40. The van der Waals surface area contributed by atoms with Crippen molar-refractivity contribution in [3.63, 3.8) is 0 Å². The maximum absolute atomic E-state index is 13.5. The van der Waals surface area contributed by atoms with E-state index in [4.69, 9.17) is 14.2 Å². The molecule has 374 valence electrons. The first-order chi connectivity index (χ1) is 33.7. The van der Waals surface area contributed by atoms with Crippen molar-refractivity contribution in [3.05, 3.63) is 173 Å². The average molecular weight is 971 g/mol. The molecule has 71 heavy (non-hydrogen) atoms. The van der Waals surface area contributed by atoms with Crippen molar-refractivity contribution in [1.29, 1.82) is 0 Å². The molecule has 6 aromatic rings. The molecule has 0 unspecified atom stereocenters. The predicted molar refractivity (Wildman–Crippen MR) is 275 cm³/mol. The highest BCUT2D eigenvalue weighted by Gasteiger charge is 2.22. The Bertz CT molecular complexity index is 3110. The fraction of sp³-hybridized carbons (Fsp3) is 0.321. The van der Waals surface area contributed by atoms with Gasteiger partial charge in [0, 0.05) is 24.5 Å². The lowest BCUT2D eigenvalue weighted by atomic mass is 10.1. The smallest absolute Gasteiger partial charge is 0.354 e. The monoisotopic (exact) mass is 970 g/mol. The van der Waals surface area contributed by atoms with Crippen molar-refractivity contribution < 1.29 is 28.9 Å². The molecular formula is C53H62N8O10. The highest BCUT2D eigenvalue weighted by atomic mass is 16.5. The van der Waals surface area contributed by atoms with Crippen LogP contribution in [0.1, 0.15) is 74.9 Å². The van der Waals surface area contributed by atoms with E-state index in [1.807, 2.05) is 114 Å². The average Bonchev–Trinajstić information content (AvgIpc) is 3.33. The zero-order chi connectivity index (χ0) is 52.1. The number of carbonyl (C=O) groups excluding carboxylic acids is 1. The minimum atomic E-state index is -1.11. The van der Waals surface area contributed by atoms with Gasteiger partial charge in [-0.1, -0.05) is 87.7 Å². The van der Waals surface area contributed by atoms with Gasteiger partial charge in [0.25, 0.3) is 0 Å². The van der Waals surface area contributed by atoms with Crippen LogP contribution in [0.5, 0.6) is 11.5 Å². The number of esters is 1. The summed E-state index contributed by atoms with van der Waals surface area (Å²) < 4.78 is 20.8. The fourth-order valence-electron chi connectivity index (χ4n) is 7.12. The number of aromatic nitrogens is 6. The fourth-order valence-corrected chi connectivity index (χ4v) is 7.12. The molecule has 6 rings (SSSR count). The lowest BCUT2D eigenvalue weighted by molar-refractivity contribution is -0.145. The summed E-state index contributed by atoms with van der Waals surface area (Å²) in [5, 5.41) is 15.4. The number of carbonyl (C=O) groups is 2. The number of hydrogen-bond donors (Lipinski definition) is 3. The molecule has 4 aromatic carbocycles. The molecule has 2 atom stereocenters. The molecule has 0 amide bonds. The van der Waals surface area contributed by atoms with Crippen LogP contribution >= 0.6 is 0 Å². The summed E-state index contributed by atoms with van der Waals surface area (Å²) in [5.74, 6) is -1.62. The van der Waals surface area contributed by atoms with Crippen molar-refractivity contribution in [1.82, 2.24) is 28.2 Å². The first-order valence-corrected chi connectivity index (χ1v) is 23.0. The zero-order valence-corrected chi connectivity index (χ0v) is 41.6. The molecule has 0 aliphatic heterocycles. The Balaban J connectivity index is 0.000000264. The van der Waals surface area contributed by atoms with E-state index >= 15 is 0 Å². The number of anilines is 4. The molecule has 0 saturated carbocycles. The molecule has 0 saturated heterocycles. The number of nitrogens with one attached hydrogen (secondary N) is 2. The third-order valence-electron chi connectivity index (χ3n) is 10.9. The number of aryl methyl sites for hydroxylation is 2. The Labute approximate surface area is 411 Å². The summed E-state index contributed by atoms with van der Waals surface area (Å²) >= 11 is 0. The maximum atomic E-state index is 13.5. The van der Waals surface area contributed by atoms with Gasteiger partial charge in [0.1, 0.15) is 11.5 Å². The van der Waals surface area contributed by atoms with E-state index in [0.717, 1.165) is 54.0 Å². The Morgan fingerprint density at radius 2 is 0.986 bits per heavy atom. The largest absolute Gasteiger partial charge is 0.491 e. The lowest BCUT2D eigenvalue weighted by Gasteiger charge is -2.18. The molecule has 2 aromatic heterocycles. The highest BCUT2D eigenvalue weighted by molar-refractivity contribution is 5.71. The molecule has 0 spiro atoms. The summed E-state index contributed by atoms with van der Waals surface area (Å²) in [5.41, 5.74) is 3.73. The molecule has 2 heterocycles. The zero-order valence-electron chi connectivity index (χ0n) is 41.6. The van der Waals surface area contributed by atoms with Gasteiger partial charge in [-0.2, -0.15) is 9.97 Å². The Morgan fingerprint density at radius 3 is 1.31 bits per heavy atom. The minimum Gasteiger partial charge on any atom is -0.491 e. The van der Waals surface area contributed by atoms with Gasteiger partial charge < -0.3 is 30.0 Å². The highest BCUT2D eigenvalue weighted by Crippen LogP contribution is 2.26. The Morgan fingerprint density at radius 1 is 0.606 bits per heavy atom. The first kappa shape index (κ1) is 53.7. The van der Waals surface area contributed by atoms with Crippen LogP contribution in [0, 0.1) is 25.7 Å². The second kappa shape index (κ2) is 24.3.